The van der Waals surface area contributed by atoms with Crippen LogP contribution in [0.15, 0.2) is 40.0 Å². The molecule has 0 aliphatic carbocycles. The molecule has 0 amide bonds. The van der Waals surface area contributed by atoms with Gasteiger partial charge in [0, 0.05) is 4.88 Å². The smallest absolute Gasteiger partial charge is 0.215 e. The molecule has 0 bridgehead atoms. The molecule has 1 aliphatic heterocycles. The van der Waals surface area contributed by atoms with Gasteiger partial charge in [-0.25, -0.2) is 5.01 Å². The van der Waals surface area contributed by atoms with Gasteiger partial charge in [0.1, 0.15) is 0 Å². The molecule has 0 atom stereocenters. The molecule has 0 aromatic carbocycles. The molecule has 0 saturated carbocycles. The molecule has 4 nitrogen and oxygen atoms in total. The first-order chi connectivity index (χ1) is 7.68. The zero-order valence-corrected chi connectivity index (χ0v) is 10.3. The van der Waals surface area contributed by atoms with Crippen LogP contribution >= 0.6 is 23.6 Å². The van der Waals surface area contributed by atoms with Gasteiger partial charge in [-0.2, -0.15) is 10.2 Å². The molecule has 16 heavy (non-hydrogen) atoms. The van der Waals surface area contributed by atoms with Crippen molar-refractivity contribution in [2.75, 3.05) is 0 Å². The largest absolute Gasteiger partial charge is 0.252 e. The van der Waals surface area contributed by atoms with E-state index in [1.807, 2.05) is 24.4 Å². The van der Waals surface area contributed by atoms with Crippen LogP contribution < -0.4 is 5.43 Å². The normalized spacial score (nSPS) is 16.6. The highest BCUT2D eigenvalue weighted by atomic mass is 32.1. The second-order valence-corrected chi connectivity index (χ2v) is 4.50. The minimum absolute atomic E-state index is 0.434. The molecule has 0 saturated heterocycles. The minimum atomic E-state index is 0.434. The van der Waals surface area contributed by atoms with E-state index in [9.17, 15) is 0 Å². The zero-order valence-electron chi connectivity index (χ0n) is 8.67. The van der Waals surface area contributed by atoms with Crippen molar-refractivity contribution in [3.05, 3.63) is 34.7 Å². The molecule has 1 aliphatic rings. The third-order valence-electron chi connectivity index (χ3n) is 2.03. The van der Waals surface area contributed by atoms with Gasteiger partial charge in [-0.1, -0.05) is 12.6 Å². The van der Waals surface area contributed by atoms with Crippen LogP contribution in [-0.4, -0.2) is 22.0 Å². The fourth-order valence-electron chi connectivity index (χ4n) is 1.12. The lowest BCUT2D eigenvalue weighted by molar-refractivity contribution is 0.555. The van der Waals surface area contributed by atoms with Crippen molar-refractivity contribution in [1.29, 1.82) is 0 Å². The quantitative estimate of drug-likeness (QED) is 0.646. The number of nitrogens with one attached hydrogen (secondary N) is 1. The second kappa shape index (κ2) is 4.54. The highest BCUT2D eigenvalue weighted by Crippen LogP contribution is 2.11. The SMILES string of the molecule is C=C1C(C)=NNC(=S)N1/N=C/c1cccs1. The highest BCUT2D eigenvalue weighted by molar-refractivity contribution is 7.80. The maximum Gasteiger partial charge on any atom is 0.215 e. The van der Waals surface area contributed by atoms with Gasteiger partial charge in [0.15, 0.2) is 0 Å². The van der Waals surface area contributed by atoms with Gasteiger partial charge in [0.2, 0.25) is 5.11 Å². The monoisotopic (exact) mass is 250 g/mol. The number of hydrogen-bond acceptors (Lipinski definition) is 4. The molecule has 0 fully saturated rings. The summed E-state index contributed by atoms with van der Waals surface area (Å²) in [4.78, 5) is 1.07. The molecular weight excluding hydrogens is 240 g/mol. The van der Waals surface area contributed by atoms with Crippen LogP contribution in [0.4, 0.5) is 0 Å². The Morgan fingerprint density at radius 1 is 1.69 bits per heavy atom. The van der Waals surface area contributed by atoms with Crippen molar-refractivity contribution in [3.8, 4) is 0 Å². The maximum atomic E-state index is 5.09. The number of thiocarbonyl (C=S) groups is 1. The second-order valence-electron chi connectivity index (χ2n) is 3.13. The average Bonchev–Trinajstić information content (AvgIpc) is 2.77. The minimum Gasteiger partial charge on any atom is -0.252 e. The van der Waals surface area contributed by atoms with Gasteiger partial charge in [0.25, 0.3) is 0 Å². The van der Waals surface area contributed by atoms with Crippen molar-refractivity contribution in [2.45, 2.75) is 6.92 Å². The van der Waals surface area contributed by atoms with E-state index in [0.29, 0.717) is 10.8 Å². The lowest BCUT2D eigenvalue weighted by atomic mass is 10.3. The summed E-state index contributed by atoms with van der Waals surface area (Å²) in [5.41, 5.74) is 4.18. The molecule has 82 valence electrons. The van der Waals surface area contributed by atoms with E-state index in [-0.39, 0.29) is 0 Å². The fourth-order valence-corrected chi connectivity index (χ4v) is 1.90. The summed E-state index contributed by atoms with van der Waals surface area (Å²) in [7, 11) is 0. The van der Waals surface area contributed by atoms with E-state index in [4.69, 9.17) is 12.2 Å². The fraction of sp³-hybridized carbons (Fsp3) is 0.100. The lowest BCUT2D eigenvalue weighted by Gasteiger charge is -2.24. The van der Waals surface area contributed by atoms with Gasteiger partial charge in [0.05, 0.1) is 17.6 Å². The number of nitrogens with zero attached hydrogens (tertiary/aromatic N) is 3. The summed E-state index contributed by atoms with van der Waals surface area (Å²) in [5.74, 6) is 0. The van der Waals surface area contributed by atoms with Crippen molar-refractivity contribution < 1.29 is 0 Å². The average molecular weight is 250 g/mol. The number of hydrazone groups is 2. The van der Waals surface area contributed by atoms with Crippen LogP contribution in [-0.2, 0) is 0 Å². The van der Waals surface area contributed by atoms with Gasteiger partial charge >= 0.3 is 0 Å². The van der Waals surface area contributed by atoms with Crippen molar-refractivity contribution in [3.63, 3.8) is 0 Å². The Labute approximate surface area is 103 Å². The third kappa shape index (κ3) is 2.17. The van der Waals surface area contributed by atoms with Crippen LogP contribution in [0.25, 0.3) is 0 Å². The predicted octanol–water partition coefficient (Wildman–Crippen LogP) is 2.16. The molecule has 1 aromatic heterocycles. The highest BCUT2D eigenvalue weighted by Gasteiger charge is 2.18. The Bertz CT molecular complexity index is 473. The van der Waals surface area contributed by atoms with Crippen LogP contribution in [0, 0.1) is 0 Å². The predicted molar refractivity (Wildman–Crippen MR) is 71.7 cm³/mol. The van der Waals surface area contributed by atoms with Gasteiger partial charge < -0.3 is 0 Å². The first-order valence-electron chi connectivity index (χ1n) is 4.59. The van der Waals surface area contributed by atoms with E-state index < -0.39 is 0 Å². The molecule has 1 N–H and O–H groups in total. The summed E-state index contributed by atoms with van der Waals surface area (Å²) in [6.45, 7) is 5.74. The van der Waals surface area contributed by atoms with Crippen LogP contribution in [0.1, 0.15) is 11.8 Å². The topological polar surface area (TPSA) is 40.0 Å². The Morgan fingerprint density at radius 3 is 3.19 bits per heavy atom. The Morgan fingerprint density at radius 2 is 2.50 bits per heavy atom. The summed E-state index contributed by atoms with van der Waals surface area (Å²) in [6, 6.07) is 3.96. The van der Waals surface area contributed by atoms with Crippen LogP contribution in [0.3, 0.4) is 0 Å². The van der Waals surface area contributed by atoms with Crippen molar-refractivity contribution >= 4 is 40.6 Å². The van der Waals surface area contributed by atoms with E-state index in [1.165, 1.54) is 0 Å². The maximum absolute atomic E-state index is 5.09. The lowest BCUT2D eigenvalue weighted by Crippen LogP contribution is -2.39. The summed E-state index contributed by atoms with van der Waals surface area (Å²) >= 11 is 6.70. The molecule has 0 spiro atoms. The van der Waals surface area contributed by atoms with Crippen LogP contribution in [0.5, 0.6) is 0 Å². The summed E-state index contributed by atoms with van der Waals surface area (Å²) in [6.07, 6.45) is 1.75. The van der Waals surface area contributed by atoms with Crippen LogP contribution in [0.2, 0.25) is 0 Å². The summed E-state index contributed by atoms with van der Waals surface area (Å²) in [5, 5.41) is 12.3. The molecule has 2 rings (SSSR count). The van der Waals surface area contributed by atoms with E-state index >= 15 is 0 Å². The molecule has 6 heteroatoms. The molecule has 2 heterocycles. The molecule has 0 radical (unpaired) electrons. The van der Waals surface area contributed by atoms with E-state index in [1.54, 1.807) is 22.6 Å². The van der Waals surface area contributed by atoms with Gasteiger partial charge in [-0.15, -0.1) is 11.3 Å². The summed E-state index contributed by atoms with van der Waals surface area (Å²) < 4.78 is 0. The zero-order chi connectivity index (χ0) is 11.5. The Hall–Kier alpha value is -1.53. The van der Waals surface area contributed by atoms with E-state index in [2.05, 4.69) is 22.2 Å². The number of hydrogen-bond donors (Lipinski definition) is 1. The number of rotatable bonds is 2. The first kappa shape index (κ1) is 11.0. The molecular formula is C10H10N4S2. The van der Waals surface area contributed by atoms with Gasteiger partial charge in [-0.05, 0) is 30.6 Å². The molecule has 0 unspecified atom stereocenters. The number of thiophene rings is 1. The Kier molecular flexibility index (Phi) is 3.12. The standard InChI is InChI=1S/C10H10N4S2/c1-7-8(2)14(10(15)13-12-7)11-6-9-4-3-5-16-9/h3-6H,2H2,1H3,(H,13,15)/b11-6+. The first-order valence-corrected chi connectivity index (χ1v) is 5.88. The Balaban J connectivity index is 2.18. The molecule has 1 aromatic rings. The van der Waals surface area contributed by atoms with Crippen molar-refractivity contribution in [2.24, 2.45) is 10.2 Å². The van der Waals surface area contributed by atoms with Gasteiger partial charge in [-0.3, -0.25) is 5.43 Å². The third-order valence-corrected chi connectivity index (χ3v) is 3.10. The van der Waals surface area contributed by atoms with E-state index in [0.717, 1.165) is 10.6 Å². The van der Waals surface area contributed by atoms with Crippen molar-refractivity contribution in [1.82, 2.24) is 10.4 Å². The number of allylic oxidation sites excluding steroid dienone is 1.